The SMILES string of the molecule is Cc1ccc(C(=O)N[C@H]2CC[C@@H](Nc3cc(N(C)C)nc(C)n3)CC2)cc1. The van der Waals surface area contributed by atoms with Gasteiger partial charge in [0.1, 0.15) is 17.5 Å². The van der Waals surface area contributed by atoms with Crippen molar-refractivity contribution >= 4 is 17.5 Å². The Morgan fingerprint density at radius 1 is 1.00 bits per heavy atom. The first-order valence-corrected chi connectivity index (χ1v) is 9.58. The van der Waals surface area contributed by atoms with Gasteiger partial charge in [-0.2, -0.15) is 0 Å². The third-order valence-corrected chi connectivity index (χ3v) is 5.01. The van der Waals surface area contributed by atoms with Crippen molar-refractivity contribution < 1.29 is 4.79 Å². The summed E-state index contributed by atoms with van der Waals surface area (Å²) in [6.45, 7) is 3.94. The zero-order chi connectivity index (χ0) is 19.4. The average Bonchev–Trinajstić information content (AvgIpc) is 2.63. The molecule has 1 aliphatic rings. The van der Waals surface area contributed by atoms with E-state index in [4.69, 9.17) is 0 Å². The lowest BCUT2D eigenvalue weighted by Crippen LogP contribution is -2.40. The summed E-state index contributed by atoms with van der Waals surface area (Å²) in [5.41, 5.74) is 1.89. The monoisotopic (exact) mass is 367 g/mol. The highest BCUT2D eigenvalue weighted by atomic mass is 16.1. The van der Waals surface area contributed by atoms with E-state index in [0.29, 0.717) is 6.04 Å². The van der Waals surface area contributed by atoms with Crippen LogP contribution < -0.4 is 15.5 Å². The van der Waals surface area contributed by atoms with Crippen LogP contribution in [0.15, 0.2) is 30.3 Å². The molecule has 0 unspecified atom stereocenters. The maximum atomic E-state index is 12.4. The van der Waals surface area contributed by atoms with E-state index in [-0.39, 0.29) is 11.9 Å². The van der Waals surface area contributed by atoms with Crippen molar-refractivity contribution in [2.75, 3.05) is 24.3 Å². The Balaban J connectivity index is 1.52. The molecular formula is C21H29N5O. The fourth-order valence-electron chi connectivity index (χ4n) is 3.42. The summed E-state index contributed by atoms with van der Waals surface area (Å²) in [5.74, 6) is 2.57. The lowest BCUT2D eigenvalue weighted by molar-refractivity contribution is 0.0926. The zero-order valence-corrected chi connectivity index (χ0v) is 16.6. The average molecular weight is 367 g/mol. The molecule has 0 aliphatic heterocycles. The molecule has 0 saturated heterocycles. The molecule has 2 N–H and O–H groups in total. The predicted molar refractivity (Wildman–Crippen MR) is 109 cm³/mol. The van der Waals surface area contributed by atoms with E-state index in [1.807, 2.05) is 63.2 Å². The van der Waals surface area contributed by atoms with Crippen molar-refractivity contribution in [1.29, 1.82) is 0 Å². The van der Waals surface area contributed by atoms with Gasteiger partial charge in [-0.25, -0.2) is 9.97 Å². The van der Waals surface area contributed by atoms with Crippen LogP contribution >= 0.6 is 0 Å². The van der Waals surface area contributed by atoms with Gasteiger partial charge in [-0.3, -0.25) is 4.79 Å². The van der Waals surface area contributed by atoms with Crippen LogP contribution in [0.3, 0.4) is 0 Å². The van der Waals surface area contributed by atoms with Crippen molar-refractivity contribution in [3.63, 3.8) is 0 Å². The zero-order valence-electron chi connectivity index (χ0n) is 16.6. The first kappa shape index (κ1) is 19.1. The molecule has 2 aromatic rings. The summed E-state index contributed by atoms with van der Waals surface area (Å²) in [6.07, 6.45) is 3.97. The van der Waals surface area contributed by atoms with Crippen molar-refractivity contribution in [1.82, 2.24) is 15.3 Å². The Labute approximate surface area is 161 Å². The number of carbonyl (C=O) groups is 1. The van der Waals surface area contributed by atoms with Gasteiger partial charge in [-0.1, -0.05) is 17.7 Å². The van der Waals surface area contributed by atoms with E-state index in [2.05, 4.69) is 20.6 Å². The van der Waals surface area contributed by atoms with Crippen molar-refractivity contribution in [2.24, 2.45) is 0 Å². The number of benzene rings is 1. The Morgan fingerprint density at radius 3 is 2.26 bits per heavy atom. The second kappa shape index (κ2) is 8.37. The summed E-state index contributed by atoms with van der Waals surface area (Å²) in [5, 5.41) is 6.71. The topological polar surface area (TPSA) is 70.2 Å². The molecule has 0 atom stereocenters. The fourth-order valence-corrected chi connectivity index (χ4v) is 3.42. The van der Waals surface area contributed by atoms with Gasteiger partial charge in [0.2, 0.25) is 0 Å². The molecule has 6 nitrogen and oxygen atoms in total. The number of hydrogen-bond donors (Lipinski definition) is 2. The first-order chi connectivity index (χ1) is 12.9. The van der Waals surface area contributed by atoms with Crippen LogP contribution in [0.2, 0.25) is 0 Å². The van der Waals surface area contributed by atoms with Crippen molar-refractivity contribution in [3.8, 4) is 0 Å². The van der Waals surface area contributed by atoms with E-state index in [1.165, 1.54) is 0 Å². The number of aromatic nitrogens is 2. The molecule has 144 valence electrons. The molecule has 6 heteroatoms. The van der Waals surface area contributed by atoms with Gasteiger partial charge in [0.25, 0.3) is 5.91 Å². The summed E-state index contributed by atoms with van der Waals surface area (Å²) in [6, 6.07) is 10.3. The first-order valence-electron chi connectivity index (χ1n) is 9.58. The number of nitrogens with one attached hydrogen (secondary N) is 2. The van der Waals surface area contributed by atoms with Gasteiger partial charge >= 0.3 is 0 Å². The van der Waals surface area contributed by atoms with Gasteiger partial charge in [0.15, 0.2) is 0 Å². The molecule has 0 spiro atoms. The largest absolute Gasteiger partial charge is 0.367 e. The van der Waals surface area contributed by atoms with Gasteiger partial charge in [-0.05, 0) is 51.7 Å². The summed E-state index contributed by atoms with van der Waals surface area (Å²) >= 11 is 0. The Bertz CT molecular complexity index is 780. The standard InChI is InChI=1S/C21H29N5O/c1-14-5-7-16(8-6-14)21(27)25-18-11-9-17(10-12-18)24-19-13-20(26(3)4)23-15(2)22-19/h5-8,13,17-18H,9-12H2,1-4H3,(H,25,27)(H,22,23,24)/t17-,18+. The second-order valence-electron chi connectivity index (χ2n) is 7.59. The van der Waals surface area contributed by atoms with E-state index in [1.54, 1.807) is 0 Å². The number of carbonyl (C=O) groups excluding carboxylic acids is 1. The van der Waals surface area contributed by atoms with E-state index < -0.39 is 0 Å². The number of rotatable bonds is 5. The lowest BCUT2D eigenvalue weighted by atomic mass is 9.91. The van der Waals surface area contributed by atoms with Gasteiger partial charge < -0.3 is 15.5 Å². The molecule has 1 heterocycles. The lowest BCUT2D eigenvalue weighted by Gasteiger charge is -2.30. The Kier molecular flexibility index (Phi) is 5.94. The third-order valence-electron chi connectivity index (χ3n) is 5.01. The number of amides is 1. The van der Waals surface area contributed by atoms with Crippen molar-refractivity contribution in [2.45, 2.75) is 51.6 Å². The minimum atomic E-state index is 0.0217. The van der Waals surface area contributed by atoms with Crippen LogP contribution in [0.25, 0.3) is 0 Å². The smallest absolute Gasteiger partial charge is 0.251 e. The summed E-state index contributed by atoms with van der Waals surface area (Å²) in [4.78, 5) is 23.3. The van der Waals surface area contributed by atoms with Crippen LogP contribution in [0.5, 0.6) is 0 Å². The molecule has 1 fully saturated rings. The van der Waals surface area contributed by atoms with Crippen molar-refractivity contribution in [3.05, 3.63) is 47.3 Å². The fraction of sp³-hybridized carbons (Fsp3) is 0.476. The van der Waals surface area contributed by atoms with Crippen LogP contribution in [0.1, 0.15) is 47.4 Å². The van der Waals surface area contributed by atoms with Crippen LogP contribution in [-0.2, 0) is 0 Å². The number of aryl methyl sites for hydroxylation is 2. The quantitative estimate of drug-likeness (QED) is 0.848. The maximum absolute atomic E-state index is 12.4. The minimum Gasteiger partial charge on any atom is -0.367 e. The number of hydrogen-bond acceptors (Lipinski definition) is 5. The molecular weight excluding hydrogens is 338 g/mol. The minimum absolute atomic E-state index is 0.0217. The summed E-state index contributed by atoms with van der Waals surface area (Å²) in [7, 11) is 3.96. The molecule has 1 aromatic heterocycles. The second-order valence-corrected chi connectivity index (χ2v) is 7.59. The number of nitrogens with zero attached hydrogens (tertiary/aromatic N) is 3. The van der Waals surface area contributed by atoms with Crippen LogP contribution in [-0.4, -0.2) is 42.1 Å². The van der Waals surface area contributed by atoms with Crippen LogP contribution in [0, 0.1) is 13.8 Å². The summed E-state index contributed by atoms with van der Waals surface area (Å²) < 4.78 is 0. The number of anilines is 2. The highest BCUT2D eigenvalue weighted by molar-refractivity contribution is 5.94. The normalized spacial score (nSPS) is 19.4. The van der Waals surface area contributed by atoms with E-state index >= 15 is 0 Å². The molecule has 1 aliphatic carbocycles. The predicted octanol–water partition coefficient (Wildman–Crippen LogP) is 3.31. The van der Waals surface area contributed by atoms with Crippen LogP contribution in [0.4, 0.5) is 11.6 Å². The Hall–Kier alpha value is -2.63. The molecule has 0 radical (unpaired) electrons. The Morgan fingerprint density at radius 2 is 1.63 bits per heavy atom. The molecule has 0 bridgehead atoms. The third kappa shape index (κ3) is 5.18. The molecule has 3 rings (SSSR count). The highest BCUT2D eigenvalue weighted by Crippen LogP contribution is 2.23. The van der Waals surface area contributed by atoms with E-state index in [9.17, 15) is 4.79 Å². The van der Waals surface area contributed by atoms with Gasteiger partial charge in [0, 0.05) is 37.8 Å². The van der Waals surface area contributed by atoms with E-state index in [0.717, 1.165) is 54.3 Å². The molecule has 1 aromatic carbocycles. The molecule has 1 saturated carbocycles. The van der Waals surface area contributed by atoms with Gasteiger partial charge in [0.05, 0.1) is 0 Å². The highest BCUT2D eigenvalue weighted by Gasteiger charge is 2.23. The molecule has 27 heavy (non-hydrogen) atoms. The molecule has 1 amide bonds. The maximum Gasteiger partial charge on any atom is 0.251 e. The van der Waals surface area contributed by atoms with Gasteiger partial charge in [-0.15, -0.1) is 0 Å².